The van der Waals surface area contributed by atoms with Gasteiger partial charge in [-0.2, -0.15) is 0 Å². The number of aliphatic hydroxyl groups is 4. The summed E-state index contributed by atoms with van der Waals surface area (Å²) in [4.78, 5) is 12.8. The summed E-state index contributed by atoms with van der Waals surface area (Å²) in [5.74, 6) is -0.343. The Morgan fingerprint density at radius 1 is 0.569 bits per heavy atom. The third-order valence-electron chi connectivity index (χ3n) is 10.7. The number of allylic oxidation sites excluding steroid dienone is 8. The van der Waals surface area contributed by atoms with Crippen molar-refractivity contribution in [3.05, 3.63) is 48.6 Å². The van der Waals surface area contributed by atoms with Gasteiger partial charge in [0.05, 0.1) is 19.8 Å². The average Bonchev–Trinajstić information content (AvgIpc) is 3.22. The number of aliphatic hydroxyl groups excluding tert-OH is 4. The van der Waals surface area contributed by atoms with Gasteiger partial charge in [-0.05, 0) is 70.6 Å². The SMILES string of the molecule is CC/C=C\C/C=C\C/C=C\CCCCCC(=O)OC(COCCCCCCCCCCCC/C=C\CCCCCCCCCC)COC1OC(CO)C(O)C(O)C1O. The van der Waals surface area contributed by atoms with Crippen molar-refractivity contribution in [1.82, 2.24) is 0 Å². The average molecular weight is 821 g/mol. The second-order valence-electron chi connectivity index (χ2n) is 16.2. The second-order valence-corrected chi connectivity index (χ2v) is 16.2. The molecule has 0 aromatic carbocycles. The minimum absolute atomic E-state index is 0.126. The molecule has 0 bridgehead atoms. The van der Waals surface area contributed by atoms with Crippen molar-refractivity contribution in [2.75, 3.05) is 26.4 Å². The maximum atomic E-state index is 12.8. The van der Waals surface area contributed by atoms with Crippen molar-refractivity contribution in [2.45, 2.75) is 230 Å². The highest BCUT2D eigenvalue weighted by atomic mass is 16.7. The third kappa shape index (κ3) is 31.1. The summed E-state index contributed by atoms with van der Waals surface area (Å²) in [7, 11) is 0. The van der Waals surface area contributed by atoms with Crippen molar-refractivity contribution in [1.29, 1.82) is 0 Å². The Labute approximate surface area is 354 Å². The molecular weight excluding hydrogens is 733 g/mol. The molecule has 6 unspecified atom stereocenters. The van der Waals surface area contributed by atoms with Gasteiger partial charge in [0.25, 0.3) is 0 Å². The third-order valence-corrected chi connectivity index (χ3v) is 10.7. The molecule has 1 fully saturated rings. The number of hydrogen-bond donors (Lipinski definition) is 4. The van der Waals surface area contributed by atoms with E-state index in [1.54, 1.807) is 0 Å². The number of unbranched alkanes of at least 4 members (excludes halogenated alkanes) is 21. The number of esters is 1. The molecule has 1 aliphatic rings. The van der Waals surface area contributed by atoms with Gasteiger partial charge in [-0.25, -0.2) is 0 Å². The van der Waals surface area contributed by atoms with Crippen LogP contribution in [-0.2, 0) is 23.7 Å². The van der Waals surface area contributed by atoms with Crippen LogP contribution in [-0.4, -0.2) is 89.6 Å². The molecule has 0 radical (unpaired) electrons. The fourth-order valence-electron chi connectivity index (χ4n) is 7.03. The fourth-order valence-corrected chi connectivity index (χ4v) is 7.03. The molecule has 0 spiro atoms. The molecule has 58 heavy (non-hydrogen) atoms. The highest BCUT2D eigenvalue weighted by molar-refractivity contribution is 5.69. The van der Waals surface area contributed by atoms with Crippen molar-refractivity contribution in [2.24, 2.45) is 0 Å². The molecule has 0 aliphatic carbocycles. The van der Waals surface area contributed by atoms with Crippen LogP contribution in [0.2, 0.25) is 0 Å². The van der Waals surface area contributed by atoms with E-state index >= 15 is 0 Å². The molecule has 9 heteroatoms. The Bertz CT molecular complexity index is 1030. The number of carbonyl (C=O) groups is 1. The first-order valence-electron chi connectivity index (χ1n) is 23.7. The highest BCUT2D eigenvalue weighted by Crippen LogP contribution is 2.22. The largest absolute Gasteiger partial charge is 0.457 e. The first kappa shape index (κ1) is 54.2. The number of carbonyl (C=O) groups excluding carboxylic acids is 1. The summed E-state index contributed by atoms with van der Waals surface area (Å²) < 4.78 is 22.8. The van der Waals surface area contributed by atoms with Crippen LogP contribution in [0, 0.1) is 0 Å². The van der Waals surface area contributed by atoms with Gasteiger partial charge >= 0.3 is 5.97 Å². The molecule has 338 valence electrons. The van der Waals surface area contributed by atoms with E-state index in [1.807, 2.05) is 0 Å². The Hall–Kier alpha value is -1.85. The first-order chi connectivity index (χ1) is 28.4. The molecule has 1 aliphatic heterocycles. The predicted molar refractivity (Wildman–Crippen MR) is 238 cm³/mol. The summed E-state index contributed by atoms with van der Waals surface area (Å²) in [5, 5.41) is 40.1. The number of rotatable bonds is 40. The molecule has 0 aromatic rings. The van der Waals surface area contributed by atoms with Gasteiger partial charge in [-0.15, -0.1) is 0 Å². The van der Waals surface area contributed by atoms with E-state index in [0.717, 1.165) is 51.4 Å². The smallest absolute Gasteiger partial charge is 0.306 e. The minimum atomic E-state index is -1.54. The molecule has 9 nitrogen and oxygen atoms in total. The van der Waals surface area contributed by atoms with Gasteiger partial charge in [0.1, 0.15) is 30.5 Å². The van der Waals surface area contributed by atoms with Crippen LogP contribution in [0.5, 0.6) is 0 Å². The summed E-state index contributed by atoms with van der Waals surface area (Å²) in [6, 6.07) is 0. The molecule has 1 rings (SSSR count). The topological polar surface area (TPSA) is 135 Å². The Morgan fingerprint density at radius 2 is 1.05 bits per heavy atom. The Morgan fingerprint density at radius 3 is 1.60 bits per heavy atom. The summed E-state index contributed by atoms with van der Waals surface area (Å²) in [5.41, 5.74) is 0. The normalized spacial score (nSPS) is 20.7. The zero-order chi connectivity index (χ0) is 42.2. The zero-order valence-corrected chi connectivity index (χ0v) is 37.0. The van der Waals surface area contributed by atoms with Gasteiger partial charge in [-0.1, -0.05) is 165 Å². The first-order valence-corrected chi connectivity index (χ1v) is 23.7. The van der Waals surface area contributed by atoms with E-state index in [9.17, 15) is 25.2 Å². The summed E-state index contributed by atoms with van der Waals surface area (Å²) in [6.07, 6.45) is 42.9. The zero-order valence-electron chi connectivity index (χ0n) is 37.0. The van der Waals surface area contributed by atoms with E-state index in [-0.39, 0.29) is 25.6 Å². The molecule has 0 saturated carbocycles. The monoisotopic (exact) mass is 821 g/mol. The molecule has 1 saturated heterocycles. The fraction of sp³-hybridized carbons (Fsp3) is 0.816. The molecule has 0 aromatic heterocycles. The lowest BCUT2D eigenvalue weighted by Crippen LogP contribution is -2.59. The van der Waals surface area contributed by atoms with E-state index in [4.69, 9.17) is 18.9 Å². The lowest BCUT2D eigenvalue weighted by Gasteiger charge is -2.39. The van der Waals surface area contributed by atoms with Crippen LogP contribution in [0.25, 0.3) is 0 Å². The Kier molecular flexibility index (Phi) is 37.9. The van der Waals surface area contributed by atoms with E-state index in [0.29, 0.717) is 13.0 Å². The lowest BCUT2D eigenvalue weighted by atomic mass is 9.99. The standard InChI is InChI=1S/C49H88O9/c1-3-5-7-9-11-13-15-17-18-19-20-21-22-23-24-25-27-29-31-33-35-37-39-55-41-43(42-56-49-48(54)47(53)46(52)44(40-50)58-49)57-45(51)38-36-34-32-30-28-26-16-14-12-10-8-6-4-2/h6,8,12,14,19-20,26,28,43-44,46-50,52-54H,3-5,7,9-11,13,15-18,21-25,27,29-42H2,1-2H3/b8-6-,14-12-,20-19-,28-26-. The molecule has 1 heterocycles. The maximum absolute atomic E-state index is 12.8. The summed E-state index contributed by atoms with van der Waals surface area (Å²) >= 11 is 0. The molecular formula is C49H88O9. The van der Waals surface area contributed by atoms with Gasteiger partial charge < -0.3 is 39.4 Å². The van der Waals surface area contributed by atoms with Gasteiger partial charge in [-0.3, -0.25) is 4.79 Å². The maximum Gasteiger partial charge on any atom is 0.306 e. The second kappa shape index (κ2) is 40.6. The molecule has 4 N–H and O–H groups in total. The molecule has 0 amide bonds. The van der Waals surface area contributed by atoms with Gasteiger partial charge in [0, 0.05) is 13.0 Å². The Balaban J connectivity index is 2.22. The van der Waals surface area contributed by atoms with Crippen molar-refractivity contribution >= 4 is 5.97 Å². The van der Waals surface area contributed by atoms with Crippen LogP contribution in [0.15, 0.2) is 48.6 Å². The number of ether oxygens (including phenoxy) is 4. The van der Waals surface area contributed by atoms with Crippen LogP contribution in [0.4, 0.5) is 0 Å². The van der Waals surface area contributed by atoms with Crippen LogP contribution >= 0.6 is 0 Å². The van der Waals surface area contributed by atoms with E-state index in [2.05, 4.69) is 62.5 Å². The van der Waals surface area contributed by atoms with E-state index < -0.39 is 43.4 Å². The number of hydrogen-bond acceptors (Lipinski definition) is 9. The van der Waals surface area contributed by atoms with Crippen LogP contribution in [0.3, 0.4) is 0 Å². The van der Waals surface area contributed by atoms with Crippen molar-refractivity contribution < 1.29 is 44.2 Å². The van der Waals surface area contributed by atoms with Crippen molar-refractivity contribution in [3.63, 3.8) is 0 Å². The van der Waals surface area contributed by atoms with Crippen LogP contribution < -0.4 is 0 Å². The minimum Gasteiger partial charge on any atom is -0.457 e. The van der Waals surface area contributed by atoms with Crippen molar-refractivity contribution in [3.8, 4) is 0 Å². The lowest BCUT2D eigenvalue weighted by molar-refractivity contribution is -0.305. The quantitative estimate of drug-likeness (QED) is 0.0271. The summed E-state index contributed by atoms with van der Waals surface area (Å²) in [6.45, 7) is 4.41. The van der Waals surface area contributed by atoms with E-state index in [1.165, 1.54) is 116 Å². The van der Waals surface area contributed by atoms with Crippen LogP contribution in [0.1, 0.15) is 194 Å². The molecule has 6 atom stereocenters. The van der Waals surface area contributed by atoms with Gasteiger partial charge in [0.2, 0.25) is 0 Å². The predicted octanol–water partition coefficient (Wildman–Crippen LogP) is 10.9. The highest BCUT2D eigenvalue weighted by Gasteiger charge is 2.44. The van der Waals surface area contributed by atoms with Gasteiger partial charge in [0.15, 0.2) is 6.29 Å².